The summed E-state index contributed by atoms with van der Waals surface area (Å²) in [6.45, 7) is 2.81. The van der Waals surface area contributed by atoms with Gasteiger partial charge in [0.1, 0.15) is 5.75 Å². The van der Waals surface area contributed by atoms with Crippen molar-refractivity contribution in [2.75, 3.05) is 7.11 Å². The molecule has 1 heterocycles. The minimum absolute atomic E-state index is 0.0164. The van der Waals surface area contributed by atoms with Gasteiger partial charge in [-0.25, -0.2) is 0 Å². The molecule has 0 spiro atoms. The number of aromatic nitrogens is 1. The molecule has 0 radical (unpaired) electrons. The summed E-state index contributed by atoms with van der Waals surface area (Å²) in [6.07, 6.45) is 5.33. The zero-order valence-electron chi connectivity index (χ0n) is 11.2. The summed E-state index contributed by atoms with van der Waals surface area (Å²) < 4.78 is 7.02. The molecule has 3 nitrogen and oxygen atoms in total. The lowest BCUT2D eigenvalue weighted by Crippen LogP contribution is -2.04. The van der Waals surface area contributed by atoms with E-state index in [1.807, 2.05) is 60.2 Å². The topological polar surface area (TPSA) is 31.2 Å². The van der Waals surface area contributed by atoms with E-state index >= 15 is 0 Å². The molecule has 98 valence electrons. The van der Waals surface area contributed by atoms with Gasteiger partial charge in [-0.2, -0.15) is 0 Å². The quantitative estimate of drug-likeness (QED) is 0.605. The third-order valence-corrected chi connectivity index (χ3v) is 2.97. The molecule has 0 atom stereocenters. The molecule has 0 aliphatic carbocycles. The predicted molar refractivity (Wildman–Crippen MR) is 76.5 cm³/mol. The fourth-order valence-electron chi connectivity index (χ4n) is 1.89. The van der Waals surface area contributed by atoms with Gasteiger partial charge in [-0.15, -0.1) is 0 Å². The molecule has 19 heavy (non-hydrogen) atoms. The van der Waals surface area contributed by atoms with E-state index in [0.29, 0.717) is 5.69 Å². The van der Waals surface area contributed by atoms with Crippen LogP contribution >= 0.6 is 0 Å². The summed E-state index contributed by atoms with van der Waals surface area (Å²) in [5.74, 6) is 0.825. The fraction of sp³-hybridized carbons (Fsp3) is 0.188. The van der Waals surface area contributed by atoms with E-state index in [4.69, 9.17) is 4.74 Å². The molecule has 1 aromatic heterocycles. The number of ether oxygens (including phenoxy) is 1. The van der Waals surface area contributed by atoms with Gasteiger partial charge < -0.3 is 9.30 Å². The van der Waals surface area contributed by atoms with Crippen molar-refractivity contribution in [2.24, 2.45) is 0 Å². The molecule has 0 amide bonds. The Bertz CT molecular complexity index is 579. The van der Waals surface area contributed by atoms with Crippen LogP contribution in [0.15, 0.2) is 48.7 Å². The van der Waals surface area contributed by atoms with E-state index < -0.39 is 0 Å². The van der Waals surface area contributed by atoms with Crippen LogP contribution in [0.25, 0.3) is 6.08 Å². The van der Waals surface area contributed by atoms with Crippen LogP contribution in [0.4, 0.5) is 0 Å². The Morgan fingerprint density at radius 1 is 1.26 bits per heavy atom. The lowest BCUT2D eigenvalue weighted by molar-refractivity contribution is 0.103. The minimum Gasteiger partial charge on any atom is -0.497 e. The van der Waals surface area contributed by atoms with Gasteiger partial charge in [0.15, 0.2) is 0 Å². The summed E-state index contributed by atoms with van der Waals surface area (Å²) in [5, 5.41) is 0. The van der Waals surface area contributed by atoms with Gasteiger partial charge in [0.25, 0.3) is 0 Å². The van der Waals surface area contributed by atoms with Crippen molar-refractivity contribution in [2.45, 2.75) is 13.5 Å². The standard InChI is InChI=1S/C16H17NO2/c1-3-17-12-4-5-15(17)16(18)11-8-13-6-9-14(19-2)10-7-13/h4-12H,3H2,1-2H3/b11-8+. The van der Waals surface area contributed by atoms with Gasteiger partial charge in [-0.1, -0.05) is 18.2 Å². The van der Waals surface area contributed by atoms with Crippen LogP contribution in [0.2, 0.25) is 0 Å². The first-order chi connectivity index (χ1) is 9.24. The van der Waals surface area contributed by atoms with Crippen LogP contribution in [0.3, 0.4) is 0 Å². The molecule has 0 bridgehead atoms. The second-order valence-corrected chi connectivity index (χ2v) is 4.15. The highest BCUT2D eigenvalue weighted by Gasteiger charge is 2.05. The number of ketones is 1. The molecule has 0 N–H and O–H groups in total. The zero-order valence-corrected chi connectivity index (χ0v) is 11.2. The summed E-state index contributed by atoms with van der Waals surface area (Å²) in [6, 6.07) is 11.3. The molecule has 2 aromatic rings. The van der Waals surface area contributed by atoms with Crippen LogP contribution in [-0.4, -0.2) is 17.5 Å². The maximum atomic E-state index is 12.0. The van der Waals surface area contributed by atoms with E-state index in [-0.39, 0.29) is 5.78 Å². The van der Waals surface area contributed by atoms with Gasteiger partial charge in [0, 0.05) is 12.7 Å². The number of carbonyl (C=O) groups excluding carboxylic acids is 1. The second kappa shape index (κ2) is 6.05. The van der Waals surface area contributed by atoms with Gasteiger partial charge in [0.2, 0.25) is 5.78 Å². The molecule has 3 heteroatoms. The van der Waals surface area contributed by atoms with Crippen molar-refractivity contribution >= 4 is 11.9 Å². The highest BCUT2D eigenvalue weighted by Crippen LogP contribution is 2.13. The lowest BCUT2D eigenvalue weighted by Gasteiger charge is -2.02. The first-order valence-electron chi connectivity index (χ1n) is 6.26. The Balaban J connectivity index is 2.11. The zero-order chi connectivity index (χ0) is 13.7. The maximum Gasteiger partial charge on any atom is 0.202 e. The van der Waals surface area contributed by atoms with Crippen LogP contribution in [-0.2, 0) is 6.54 Å². The van der Waals surface area contributed by atoms with Crippen molar-refractivity contribution in [1.29, 1.82) is 0 Å². The van der Waals surface area contributed by atoms with Crippen LogP contribution in [0.1, 0.15) is 23.0 Å². The minimum atomic E-state index is 0.0164. The Labute approximate surface area is 113 Å². The molecule has 0 aliphatic heterocycles. The Hall–Kier alpha value is -2.29. The van der Waals surface area contributed by atoms with E-state index in [1.54, 1.807) is 13.2 Å². The van der Waals surface area contributed by atoms with Crippen molar-refractivity contribution in [1.82, 2.24) is 4.57 Å². The molecule has 2 rings (SSSR count). The normalized spacial score (nSPS) is 10.8. The third-order valence-electron chi connectivity index (χ3n) is 2.97. The van der Waals surface area contributed by atoms with Crippen LogP contribution in [0.5, 0.6) is 5.75 Å². The van der Waals surface area contributed by atoms with Crippen molar-refractivity contribution in [3.63, 3.8) is 0 Å². The number of rotatable bonds is 5. The van der Waals surface area contributed by atoms with E-state index in [0.717, 1.165) is 17.9 Å². The first kappa shape index (κ1) is 13.1. The number of carbonyl (C=O) groups is 1. The molecule has 0 saturated heterocycles. The molecule has 0 unspecified atom stereocenters. The van der Waals surface area contributed by atoms with Crippen molar-refractivity contribution in [3.8, 4) is 5.75 Å². The Morgan fingerprint density at radius 2 is 2.00 bits per heavy atom. The summed E-state index contributed by atoms with van der Waals surface area (Å²) >= 11 is 0. The number of aryl methyl sites for hydroxylation is 1. The average molecular weight is 255 g/mol. The molecule has 0 saturated carbocycles. The molecule has 0 aliphatic rings. The van der Waals surface area contributed by atoms with Crippen molar-refractivity contribution < 1.29 is 9.53 Å². The summed E-state index contributed by atoms with van der Waals surface area (Å²) in [5.41, 5.74) is 1.69. The fourth-order valence-corrected chi connectivity index (χ4v) is 1.89. The number of hydrogen-bond acceptors (Lipinski definition) is 2. The van der Waals surface area contributed by atoms with Gasteiger partial charge in [-0.05, 0) is 42.8 Å². The highest BCUT2D eigenvalue weighted by atomic mass is 16.5. The average Bonchev–Trinajstić information content (AvgIpc) is 2.93. The largest absolute Gasteiger partial charge is 0.497 e. The SMILES string of the molecule is CCn1cccc1C(=O)/C=C/c1ccc(OC)cc1. The smallest absolute Gasteiger partial charge is 0.202 e. The number of benzene rings is 1. The van der Waals surface area contributed by atoms with Gasteiger partial charge >= 0.3 is 0 Å². The number of allylic oxidation sites excluding steroid dienone is 1. The second-order valence-electron chi connectivity index (χ2n) is 4.15. The predicted octanol–water partition coefficient (Wildman–Crippen LogP) is 3.41. The maximum absolute atomic E-state index is 12.0. The number of methoxy groups -OCH3 is 1. The van der Waals surface area contributed by atoms with Crippen molar-refractivity contribution in [3.05, 3.63) is 59.9 Å². The van der Waals surface area contributed by atoms with Gasteiger partial charge in [-0.3, -0.25) is 4.79 Å². The summed E-state index contributed by atoms with van der Waals surface area (Å²) in [7, 11) is 1.63. The number of hydrogen-bond donors (Lipinski definition) is 0. The van der Waals surface area contributed by atoms with E-state index in [1.165, 1.54) is 0 Å². The monoisotopic (exact) mass is 255 g/mol. The Kier molecular flexibility index (Phi) is 4.18. The molecule has 1 aromatic carbocycles. The van der Waals surface area contributed by atoms with Gasteiger partial charge in [0.05, 0.1) is 12.8 Å². The Morgan fingerprint density at radius 3 is 2.63 bits per heavy atom. The van der Waals surface area contributed by atoms with E-state index in [9.17, 15) is 4.79 Å². The first-order valence-corrected chi connectivity index (χ1v) is 6.26. The van der Waals surface area contributed by atoms with Crippen LogP contribution in [0, 0.1) is 0 Å². The molecular weight excluding hydrogens is 238 g/mol. The van der Waals surface area contributed by atoms with E-state index in [2.05, 4.69) is 0 Å². The lowest BCUT2D eigenvalue weighted by atomic mass is 10.1. The highest BCUT2D eigenvalue weighted by molar-refractivity contribution is 6.05. The third kappa shape index (κ3) is 3.13. The molecule has 0 fully saturated rings. The summed E-state index contributed by atoms with van der Waals surface area (Å²) in [4.78, 5) is 12.0. The molecular formula is C16H17NO2. The number of nitrogens with zero attached hydrogens (tertiary/aromatic N) is 1. The van der Waals surface area contributed by atoms with Crippen LogP contribution < -0.4 is 4.74 Å².